The lowest BCUT2D eigenvalue weighted by Crippen LogP contribution is -2.06. The minimum Gasteiger partial charge on any atom is -0.460 e. The predicted octanol–water partition coefficient (Wildman–Crippen LogP) is 1.39. The van der Waals surface area contributed by atoms with Crippen LogP contribution in [0.25, 0.3) is 0 Å². The van der Waals surface area contributed by atoms with E-state index < -0.39 is 11.9 Å². The van der Waals surface area contributed by atoms with Crippen LogP contribution in [0, 0.1) is 0 Å². The molecule has 0 atom stereocenters. The van der Waals surface area contributed by atoms with Crippen LogP contribution in [-0.4, -0.2) is 25.2 Å². The maximum atomic E-state index is 11.3. The highest BCUT2D eigenvalue weighted by molar-refractivity contribution is 5.90. The number of ether oxygens (including phenoxy) is 2. The highest BCUT2D eigenvalue weighted by Crippen LogP contribution is 2.12. The monoisotopic (exact) mass is 210 g/mol. The van der Waals surface area contributed by atoms with Gasteiger partial charge in [-0.2, -0.15) is 0 Å². The van der Waals surface area contributed by atoms with E-state index >= 15 is 0 Å². The summed E-state index contributed by atoms with van der Waals surface area (Å²) in [5.41, 5.74) is 0. The number of carbonyl (C=O) groups is 2. The zero-order valence-electron chi connectivity index (χ0n) is 8.02. The van der Waals surface area contributed by atoms with Crippen molar-refractivity contribution in [1.82, 2.24) is 0 Å². The van der Waals surface area contributed by atoms with Crippen molar-refractivity contribution in [3.8, 4) is 0 Å². The van der Waals surface area contributed by atoms with Gasteiger partial charge in [-0.05, 0) is 25.0 Å². The second-order valence-electron chi connectivity index (χ2n) is 3.14. The average molecular weight is 210 g/mol. The zero-order valence-corrected chi connectivity index (χ0v) is 8.02. The zero-order chi connectivity index (χ0) is 10.7. The SMILES string of the molecule is O=C1OCCCCOC(=O)c2ccc1o2. The fourth-order valence-corrected chi connectivity index (χ4v) is 1.23. The van der Waals surface area contributed by atoms with Crippen molar-refractivity contribution in [2.24, 2.45) is 0 Å². The van der Waals surface area contributed by atoms with Crippen LogP contribution in [-0.2, 0) is 9.47 Å². The molecular weight excluding hydrogens is 200 g/mol. The molecule has 1 aliphatic rings. The van der Waals surface area contributed by atoms with Crippen molar-refractivity contribution in [2.45, 2.75) is 12.8 Å². The second-order valence-corrected chi connectivity index (χ2v) is 3.14. The molecule has 2 heterocycles. The maximum Gasteiger partial charge on any atom is 0.374 e. The van der Waals surface area contributed by atoms with Crippen molar-refractivity contribution < 1.29 is 23.5 Å². The van der Waals surface area contributed by atoms with E-state index in [0.717, 1.165) is 0 Å². The molecule has 2 bridgehead atoms. The number of hydrogen-bond acceptors (Lipinski definition) is 5. The van der Waals surface area contributed by atoms with Gasteiger partial charge in [-0.3, -0.25) is 0 Å². The summed E-state index contributed by atoms with van der Waals surface area (Å²) in [6.07, 6.45) is 1.34. The van der Waals surface area contributed by atoms with Crippen LogP contribution in [0.5, 0.6) is 0 Å². The number of fused-ring (bicyclic) bond motifs is 2. The Morgan fingerprint density at radius 2 is 1.33 bits per heavy atom. The number of furan rings is 1. The molecule has 1 aromatic heterocycles. The molecule has 0 fully saturated rings. The van der Waals surface area contributed by atoms with E-state index in [1.807, 2.05) is 0 Å². The normalized spacial score (nSPS) is 17.6. The number of cyclic esters (lactones) is 2. The Morgan fingerprint density at radius 1 is 0.867 bits per heavy atom. The molecule has 80 valence electrons. The molecule has 0 radical (unpaired) electrons. The van der Waals surface area contributed by atoms with Crippen molar-refractivity contribution in [1.29, 1.82) is 0 Å². The van der Waals surface area contributed by atoms with Crippen LogP contribution in [0.3, 0.4) is 0 Å². The van der Waals surface area contributed by atoms with Gasteiger partial charge in [0.25, 0.3) is 0 Å². The number of hydrogen-bond donors (Lipinski definition) is 0. The summed E-state index contributed by atoms with van der Waals surface area (Å²) in [5.74, 6) is -1.03. The molecule has 0 unspecified atom stereocenters. The molecule has 0 spiro atoms. The van der Waals surface area contributed by atoms with E-state index in [2.05, 4.69) is 0 Å². The molecule has 0 saturated carbocycles. The third kappa shape index (κ3) is 2.18. The molecule has 1 aromatic rings. The summed E-state index contributed by atoms with van der Waals surface area (Å²) < 4.78 is 14.8. The van der Waals surface area contributed by atoms with E-state index in [0.29, 0.717) is 26.1 Å². The predicted molar refractivity (Wildman–Crippen MR) is 48.5 cm³/mol. The highest BCUT2D eigenvalue weighted by Gasteiger charge is 2.18. The van der Waals surface area contributed by atoms with E-state index in [1.165, 1.54) is 12.1 Å². The average Bonchev–Trinajstić information content (AvgIpc) is 2.69. The fourth-order valence-electron chi connectivity index (χ4n) is 1.23. The summed E-state index contributed by atoms with van der Waals surface area (Å²) >= 11 is 0. The first-order valence-corrected chi connectivity index (χ1v) is 4.71. The quantitative estimate of drug-likeness (QED) is 0.605. The van der Waals surface area contributed by atoms with Gasteiger partial charge >= 0.3 is 11.9 Å². The summed E-state index contributed by atoms with van der Waals surface area (Å²) in [5, 5.41) is 0. The van der Waals surface area contributed by atoms with Crippen LogP contribution in [0.15, 0.2) is 16.5 Å². The van der Waals surface area contributed by atoms with Gasteiger partial charge in [-0.15, -0.1) is 0 Å². The van der Waals surface area contributed by atoms with Gasteiger partial charge < -0.3 is 13.9 Å². The smallest absolute Gasteiger partial charge is 0.374 e. The van der Waals surface area contributed by atoms with Crippen LogP contribution < -0.4 is 0 Å². The minimum atomic E-state index is -0.545. The molecule has 5 nitrogen and oxygen atoms in total. The Kier molecular flexibility index (Phi) is 2.71. The van der Waals surface area contributed by atoms with Gasteiger partial charge in [-0.1, -0.05) is 0 Å². The molecule has 0 saturated heterocycles. The molecule has 2 rings (SSSR count). The highest BCUT2D eigenvalue weighted by atomic mass is 16.6. The van der Waals surface area contributed by atoms with Gasteiger partial charge in [-0.25, -0.2) is 9.59 Å². The third-order valence-electron chi connectivity index (χ3n) is 2.01. The Morgan fingerprint density at radius 3 is 1.80 bits per heavy atom. The first kappa shape index (κ1) is 9.76. The molecule has 0 aliphatic carbocycles. The Balaban J connectivity index is 2.22. The molecule has 5 heteroatoms. The van der Waals surface area contributed by atoms with Crippen molar-refractivity contribution in [2.75, 3.05) is 13.2 Å². The molecule has 15 heavy (non-hydrogen) atoms. The van der Waals surface area contributed by atoms with Crippen molar-refractivity contribution >= 4 is 11.9 Å². The fraction of sp³-hybridized carbons (Fsp3) is 0.400. The Hall–Kier alpha value is -1.78. The number of carbonyl (C=O) groups excluding carboxylic acids is 2. The maximum absolute atomic E-state index is 11.3. The molecule has 0 aromatic carbocycles. The van der Waals surface area contributed by atoms with E-state index in [4.69, 9.17) is 13.9 Å². The third-order valence-corrected chi connectivity index (χ3v) is 2.01. The van der Waals surface area contributed by atoms with E-state index in [9.17, 15) is 9.59 Å². The van der Waals surface area contributed by atoms with Crippen LogP contribution in [0.4, 0.5) is 0 Å². The number of esters is 2. The largest absolute Gasteiger partial charge is 0.460 e. The molecular formula is C10H10O5. The summed E-state index contributed by atoms with van der Waals surface area (Å²) in [7, 11) is 0. The number of rotatable bonds is 0. The second kappa shape index (κ2) is 4.16. The topological polar surface area (TPSA) is 65.7 Å². The summed E-state index contributed by atoms with van der Waals surface area (Å²) in [6.45, 7) is 0.624. The first-order chi connectivity index (χ1) is 7.27. The van der Waals surface area contributed by atoms with E-state index in [-0.39, 0.29) is 11.5 Å². The van der Waals surface area contributed by atoms with Gasteiger partial charge in [0.15, 0.2) is 0 Å². The van der Waals surface area contributed by atoms with Gasteiger partial charge in [0.05, 0.1) is 13.2 Å². The minimum absolute atomic E-state index is 0.0313. The van der Waals surface area contributed by atoms with Gasteiger partial charge in [0.1, 0.15) is 0 Å². The molecule has 0 N–H and O–H groups in total. The Bertz CT molecular complexity index is 344. The standard InChI is InChI=1S/C10H10O5/c11-9-7-3-4-8(15-7)10(12)14-6-2-1-5-13-9/h3-4H,1-2,5-6H2. The Labute approximate surface area is 86.0 Å². The first-order valence-electron chi connectivity index (χ1n) is 4.71. The van der Waals surface area contributed by atoms with Gasteiger partial charge in [0.2, 0.25) is 11.5 Å². The van der Waals surface area contributed by atoms with Crippen molar-refractivity contribution in [3.63, 3.8) is 0 Å². The van der Waals surface area contributed by atoms with Gasteiger partial charge in [0, 0.05) is 0 Å². The van der Waals surface area contributed by atoms with Crippen LogP contribution in [0.1, 0.15) is 34.0 Å². The lowest BCUT2D eigenvalue weighted by Gasteiger charge is -2.02. The lowest BCUT2D eigenvalue weighted by atomic mass is 10.3. The summed E-state index contributed by atoms with van der Waals surface area (Å²) in [6, 6.07) is 2.81. The molecule has 0 amide bonds. The van der Waals surface area contributed by atoms with Crippen LogP contribution >= 0.6 is 0 Å². The lowest BCUT2D eigenvalue weighted by molar-refractivity contribution is 0.0440. The van der Waals surface area contributed by atoms with Crippen LogP contribution in [0.2, 0.25) is 0 Å². The van der Waals surface area contributed by atoms with Crippen molar-refractivity contribution in [3.05, 3.63) is 23.7 Å². The van der Waals surface area contributed by atoms with E-state index in [1.54, 1.807) is 0 Å². The molecule has 1 aliphatic heterocycles. The summed E-state index contributed by atoms with van der Waals surface area (Å²) in [4.78, 5) is 22.6.